The van der Waals surface area contributed by atoms with Crippen LogP contribution in [0.1, 0.15) is 0 Å². The summed E-state index contributed by atoms with van der Waals surface area (Å²) in [6.07, 6.45) is 0. The van der Waals surface area contributed by atoms with Crippen molar-refractivity contribution in [1.82, 2.24) is 19.5 Å². The van der Waals surface area contributed by atoms with Crippen molar-refractivity contribution in [2.75, 3.05) is 0 Å². The molecule has 0 bridgehead atoms. The van der Waals surface area contributed by atoms with E-state index < -0.39 is 0 Å². The van der Waals surface area contributed by atoms with Crippen molar-refractivity contribution < 1.29 is 4.42 Å². The predicted octanol–water partition coefficient (Wildman–Crippen LogP) is 9.87. The van der Waals surface area contributed by atoms with Gasteiger partial charge in [-0.05, 0) is 35.4 Å². The Morgan fingerprint density at radius 1 is 0.432 bits per heavy atom. The molecule has 0 aliphatic rings. The SMILES string of the molecule is c1ccc(-c2cccc(-c3nc(-c4ccccc4)nc(-n4c5ccccc5c5ccc6c7ccccc7oc6c54)n3)c2)cc1. The molecule has 0 radical (unpaired) electrons. The third-order valence-electron chi connectivity index (χ3n) is 8.26. The average Bonchev–Trinajstić information content (AvgIpc) is 3.65. The third-order valence-corrected chi connectivity index (χ3v) is 8.26. The van der Waals surface area contributed by atoms with Crippen LogP contribution < -0.4 is 0 Å². The van der Waals surface area contributed by atoms with E-state index in [1.54, 1.807) is 0 Å². The molecule has 44 heavy (non-hydrogen) atoms. The quantitative estimate of drug-likeness (QED) is 0.213. The lowest BCUT2D eigenvalue weighted by Gasteiger charge is -2.11. The smallest absolute Gasteiger partial charge is 0.238 e. The maximum Gasteiger partial charge on any atom is 0.238 e. The lowest BCUT2D eigenvalue weighted by atomic mass is 10.0. The van der Waals surface area contributed by atoms with Crippen molar-refractivity contribution in [2.45, 2.75) is 0 Å². The Kier molecular flexibility index (Phi) is 5.43. The first-order chi connectivity index (χ1) is 21.8. The third kappa shape index (κ3) is 3.83. The first-order valence-corrected chi connectivity index (χ1v) is 14.6. The van der Waals surface area contributed by atoms with Crippen LogP contribution in [-0.4, -0.2) is 19.5 Å². The van der Waals surface area contributed by atoms with Gasteiger partial charge in [0.15, 0.2) is 17.2 Å². The summed E-state index contributed by atoms with van der Waals surface area (Å²) in [7, 11) is 0. The standard InChI is InChI=1S/C39H24N4O/c1-3-12-25(13-4-1)27-16-11-17-28(24-27)38-40-37(26-14-5-2-6-15-26)41-39(42-38)43-33-20-9-7-18-29(33)31-22-23-32-30-19-8-10-21-34(30)44-36(32)35(31)43/h1-24H. The fourth-order valence-electron chi connectivity index (χ4n) is 6.22. The summed E-state index contributed by atoms with van der Waals surface area (Å²) in [5.74, 6) is 1.76. The highest BCUT2D eigenvalue weighted by atomic mass is 16.3. The van der Waals surface area contributed by atoms with Crippen molar-refractivity contribution >= 4 is 43.7 Å². The highest BCUT2D eigenvalue weighted by Gasteiger charge is 2.22. The average molecular weight is 565 g/mol. The van der Waals surface area contributed by atoms with Crippen molar-refractivity contribution in [3.63, 3.8) is 0 Å². The van der Waals surface area contributed by atoms with E-state index in [2.05, 4.69) is 95.6 Å². The van der Waals surface area contributed by atoms with E-state index in [0.29, 0.717) is 17.6 Å². The van der Waals surface area contributed by atoms with Gasteiger partial charge in [-0.3, -0.25) is 4.57 Å². The van der Waals surface area contributed by atoms with Crippen LogP contribution in [0.5, 0.6) is 0 Å². The van der Waals surface area contributed by atoms with Crippen LogP contribution in [0.2, 0.25) is 0 Å². The molecule has 5 nitrogen and oxygen atoms in total. The normalized spacial score (nSPS) is 11.6. The molecule has 0 amide bonds. The predicted molar refractivity (Wildman–Crippen MR) is 178 cm³/mol. The Morgan fingerprint density at radius 3 is 1.86 bits per heavy atom. The summed E-state index contributed by atoms with van der Waals surface area (Å²) >= 11 is 0. The van der Waals surface area contributed by atoms with Crippen molar-refractivity contribution in [3.05, 3.63) is 146 Å². The van der Waals surface area contributed by atoms with Crippen molar-refractivity contribution in [1.29, 1.82) is 0 Å². The van der Waals surface area contributed by atoms with Crippen LogP contribution in [0.3, 0.4) is 0 Å². The molecule has 0 saturated carbocycles. The lowest BCUT2D eigenvalue weighted by molar-refractivity contribution is 0.670. The van der Waals surface area contributed by atoms with Crippen LogP contribution in [0.25, 0.3) is 83.6 Å². The zero-order chi connectivity index (χ0) is 29.0. The molecule has 3 heterocycles. The number of hydrogen-bond acceptors (Lipinski definition) is 4. The fraction of sp³-hybridized carbons (Fsp3) is 0. The molecule has 0 N–H and O–H groups in total. The maximum atomic E-state index is 6.56. The fourth-order valence-corrected chi connectivity index (χ4v) is 6.22. The second-order valence-electron chi connectivity index (χ2n) is 10.9. The summed E-state index contributed by atoms with van der Waals surface area (Å²) in [5, 5.41) is 4.34. The molecular weight excluding hydrogens is 540 g/mol. The molecule has 0 spiro atoms. The number of nitrogens with zero attached hydrogens (tertiary/aromatic N) is 4. The molecule has 0 aliphatic carbocycles. The number of benzene rings is 6. The van der Waals surface area contributed by atoms with E-state index in [4.69, 9.17) is 19.4 Å². The van der Waals surface area contributed by atoms with Gasteiger partial charge < -0.3 is 4.42 Å². The van der Waals surface area contributed by atoms with Gasteiger partial charge in [-0.1, -0.05) is 121 Å². The molecular formula is C39H24N4O. The molecule has 0 aliphatic heterocycles. The molecule has 9 aromatic rings. The van der Waals surface area contributed by atoms with Gasteiger partial charge in [0.1, 0.15) is 11.1 Å². The van der Waals surface area contributed by atoms with Gasteiger partial charge in [0.05, 0.1) is 5.52 Å². The van der Waals surface area contributed by atoms with Crippen molar-refractivity contribution in [2.24, 2.45) is 0 Å². The van der Waals surface area contributed by atoms with E-state index in [0.717, 1.165) is 66.0 Å². The second-order valence-corrected chi connectivity index (χ2v) is 10.9. The second kappa shape index (κ2) is 9.75. The summed E-state index contributed by atoms with van der Waals surface area (Å²) in [4.78, 5) is 15.3. The summed E-state index contributed by atoms with van der Waals surface area (Å²) < 4.78 is 8.69. The van der Waals surface area contributed by atoms with E-state index in [-0.39, 0.29) is 0 Å². The van der Waals surface area contributed by atoms with Crippen LogP contribution in [0.4, 0.5) is 0 Å². The molecule has 5 heteroatoms. The molecule has 0 fully saturated rings. The van der Waals surface area contributed by atoms with Gasteiger partial charge >= 0.3 is 0 Å². The zero-order valence-corrected chi connectivity index (χ0v) is 23.6. The number of para-hydroxylation sites is 2. The zero-order valence-electron chi connectivity index (χ0n) is 23.6. The molecule has 0 saturated heterocycles. The maximum absolute atomic E-state index is 6.56. The van der Waals surface area contributed by atoms with Crippen LogP contribution in [-0.2, 0) is 0 Å². The lowest BCUT2D eigenvalue weighted by Crippen LogP contribution is -2.06. The summed E-state index contributed by atoms with van der Waals surface area (Å²) in [5.41, 5.74) is 7.70. The Balaban J connectivity index is 1.37. The molecule has 3 aromatic heterocycles. The number of fused-ring (bicyclic) bond motifs is 7. The minimum Gasteiger partial charge on any atom is -0.454 e. The number of furan rings is 1. The van der Waals surface area contributed by atoms with Gasteiger partial charge in [0, 0.05) is 32.7 Å². The highest BCUT2D eigenvalue weighted by molar-refractivity contribution is 6.21. The van der Waals surface area contributed by atoms with Gasteiger partial charge in [0.2, 0.25) is 5.95 Å². The molecule has 0 atom stereocenters. The molecule has 6 aromatic carbocycles. The largest absolute Gasteiger partial charge is 0.454 e. The van der Waals surface area contributed by atoms with Crippen LogP contribution in [0.15, 0.2) is 150 Å². The molecule has 9 rings (SSSR count). The number of rotatable bonds is 4. The van der Waals surface area contributed by atoms with Gasteiger partial charge in [-0.15, -0.1) is 0 Å². The first-order valence-electron chi connectivity index (χ1n) is 14.6. The minimum absolute atomic E-state index is 0.540. The summed E-state index contributed by atoms with van der Waals surface area (Å²) in [6, 6.07) is 49.7. The topological polar surface area (TPSA) is 56.7 Å². The summed E-state index contributed by atoms with van der Waals surface area (Å²) in [6.45, 7) is 0. The van der Waals surface area contributed by atoms with Crippen LogP contribution >= 0.6 is 0 Å². The number of aromatic nitrogens is 4. The van der Waals surface area contributed by atoms with E-state index in [9.17, 15) is 0 Å². The highest BCUT2D eigenvalue weighted by Crippen LogP contribution is 2.40. The minimum atomic E-state index is 0.540. The van der Waals surface area contributed by atoms with Crippen LogP contribution in [0, 0.1) is 0 Å². The first kappa shape index (κ1) is 24.5. The Bertz CT molecular complexity index is 2490. The Labute approximate surface area is 252 Å². The van der Waals surface area contributed by atoms with E-state index in [1.165, 1.54) is 0 Å². The van der Waals surface area contributed by atoms with Crippen molar-refractivity contribution in [3.8, 4) is 39.9 Å². The molecule has 0 unspecified atom stereocenters. The van der Waals surface area contributed by atoms with Gasteiger partial charge in [0.25, 0.3) is 0 Å². The van der Waals surface area contributed by atoms with E-state index >= 15 is 0 Å². The van der Waals surface area contributed by atoms with E-state index in [1.807, 2.05) is 54.6 Å². The van der Waals surface area contributed by atoms with Gasteiger partial charge in [-0.2, -0.15) is 9.97 Å². The molecule has 206 valence electrons. The number of hydrogen-bond donors (Lipinski definition) is 0. The Morgan fingerprint density at radius 2 is 1.05 bits per heavy atom. The monoisotopic (exact) mass is 564 g/mol. The Hall–Kier alpha value is -6.07. The van der Waals surface area contributed by atoms with Gasteiger partial charge in [-0.25, -0.2) is 4.98 Å².